The van der Waals surface area contributed by atoms with Crippen LogP contribution < -0.4 is 15.0 Å². The molecule has 5 nitrogen and oxygen atoms in total. The molecule has 1 aromatic heterocycles. The number of alkyl halides is 6. The van der Waals surface area contributed by atoms with Crippen molar-refractivity contribution in [2.45, 2.75) is 37.8 Å². The number of carbonyl (C=O) groups excluding carboxylic acids is 1. The summed E-state index contributed by atoms with van der Waals surface area (Å²) in [6, 6.07) is 19.1. The largest absolute Gasteiger partial charge is 0.471 e. The molecule has 0 spiro atoms. The Kier molecular flexibility index (Phi) is 8.64. The molecule has 1 amide bonds. The van der Waals surface area contributed by atoms with Gasteiger partial charge in [-0.2, -0.15) is 26.3 Å². The summed E-state index contributed by atoms with van der Waals surface area (Å²) in [4.78, 5) is 19.2. The summed E-state index contributed by atoms with van der Waals surface area (Å²) in [7, 11) is 0. The monoisotopic (exact) mass is 629 g/mol. The summed E-state index contributed by atoms with van der Waals surface area (Å²) >= 11 is 0.960. The highest BCUT2D eigenvalue weighted by molar-refractivity contribution is 8.05. The second-order valence-corrected chi connectivity index (χ2v) is 11.1. The average Bonchev–Trinajstić information content (AvgIpc) is 3.30. The molecule has 4 aromatic rings. The van der Waals surface area contributed by atoms with E-state index in [0.717, 1.165) is 52.6 Å². The number of nitrogens with one attached hydrogen (secondary N) is 1. The third kappa shape index (κ3) is 7.02. The number of hydrogen-bond donors (Lipinski definition) is 1. The van der Waals surface area contributed by atoms with Crippen molar-refractivity contribution in [2.75, 3.05) is 10.2 Å². The topological polar surface area (TPSA) is 54.5 Å². The van der Waals surface area contributed by atoms with E-state index in [2.05, 4.69) is 10.3 Å². The van der Waals surface area contributed by atoms with Gasteiger partial charge in [0.05, 0.1) is 16.0 Å². The minimum Gasteiger partial charge on any atom is -0.471 e. The van der Waals surface area contributed by atoms with Crippen LogP contribution in [0.4, 0.5) is 37.8 Å². The normalized spacial score (nSPS) is 17.2. The van der Waals surface area contributed by atoms with Gasteiger partial charge in [0.25, 0.3) is 5.91 Å². The van der Waals surface area contributed by atoms with Gasteiger partial charge in [-0.3, -0.25) is 9.69 Å². The zero-order valence-electron chi connectivity index (χ0n) is 23.3. The van der Waals surface area contributed by atoms with E-state index in [1.54, 1.807) is 36.5 Å². The SMILES string of the molecule is Cc1cccnc1NC(C)Oc1ccc(/C=C2\SC(c3cccc(C(F)(F)F)c3)N(c3cccc(C(F)(F)F)c3)C2=O)cc1. The number of aryl methyl sites for hydroxylation is 1. The Morgan fingerprint density at radius 3 is 2.23 bits per heavy atom. The van der Waals surface area contributed by atoms with Crippen LogP contribution in [0.15, 0.2) is 96.0 Å². The van der Waals surface area contributed by atoms with Gasteiger partial charge in [0, 0.05) is 11.9 Å². The molecule has 3 aromatic carbocycles. The third-order valence-electron chi connectivity index (χ3n) is 6.69. The number of carbonyl (C=O) groups is 1. The number of rotatable bonds is 7. The Hall–Kier alpha value is -4.45. The van der Waals surface area contributed by atoms with Crippen molar-refractivity contribution >= 4 is 35.3 Å². The van der Waals surface area contributed by atoms with Crippen LogP contribution in [-0.4, -0.2) is 17.1 Å². The maximum absolute atomic E-state index is 13.6. The molecule has 228 valence electrons. The molecule has 44 heavy (non-hydrogen) atoms. The van der Waals surface area contributed by atoms with Crippen molar-refractivity contribution in [2.24, 2.45) is 0 Å². The van der Waals surface area contributed by atoms with Crippen LogP contribution in [0.2, 0.25) is 0 Å². The first-order valence-corrected chi connectivity index (χ1v) is 14.2. The molecule has 2 unspecified atom stereocenters. The molecule has 0 saturated carbocycles. The zero-order valence-corrected chi connectivity index (χ0v) is 24.1. The van der Waals surface area contributed by atoms with E-state index in [0.29, 0.717) is 17.1 Å². The van der Waals surface area contributed by atoms with Gasteiger partial charge in [-0.15, -0.1) is 0 Å². The third-order valence-corrected chi connectivity index (χ3v) is 7.95. The van der Waals surface area contributed by atoms with Crippen molar-refractivity contribution in [1.29, 1.82) is 0 Å². The van der Waals surface area contributed by atoms with Gasteiger partial charge in [0.2, 0.25) is 0 Å². The Bertz CT molecular complexity index is 1690. The summed E-state index contributed by atoms with van der Waals surface area (Å²) in [5.74, 6) is 0.568. The van der Waals surface area contributed by atoms with Crippen LogP contribution in [-0.2, 0) is 17.1 Å². The van der Waals surface area contributed by atoms with E-state index >= 15 is 0 Å². The van der Waals surface area contributed by atoms with Gasteiger partial charge in [0.15, 0.2) is 6.23 Å². The fourth-order valence-corrected chi connectivity index (χ4v) is 5.82. The van der Waals surface area contributed by atoms with Crippen molar-refractivity contribution in [3.63, 3.8) is 0 Å². The van der Waals surface area contributed by atoms with Crippen LogP contribution in [0.25, 0.3) is 6.08 Å². The fourth-order valence-electron chi connectivity index (χ4n) is 4.57. The van der Waals surface area contributed by atoms with Gasteiger partial charge in [0.1, 0.15) is 16.9 Å². The molecule has 0 bridgehead atoms. The highest BCUT2D eigenvalue weighted by Gasteiger charge is 2.41. The maximum Gasteiger partial charge on any atom is 0.416 e. The lowest BCUT2D eigenvalue weighted by Crippen LogP contribution is -2.28. The van der Waals surface area contributed by atoms with Gasteiger partial charge in [-0.25, -0.2) is 4.98 Å². The summed E-state index contributed by atoms with van der Waals surface area (Å²) in [6.07, 6.45) is -6.53. The fraction of sp³-hybridized carbons (Fsp3) is 0.188. The van der Waals surface area contributed by atoms with E-state index in [4.69, 9.17) is 4.74 Å². The van der Waals surface area contributed by atoms with Crippen molar-refractivity contribution in [1.82, 2.24) is 4.98 Å². The van der Waals surface area contributed by atoms with Crippen LogP contribution >= 0.6 is 11.8 Å². The number of hydrogen-bond acceptors (Lipinski definition) is 5. The van der Waals surface area contributed by atoms with E-state index in [-0.39, 0.29) is 16.2 Å². The number of pyridine rings is 1. The number of aromatic nitrogens is 1. The molecular weight excluding hydrogens is 604 g/mol. The maximum atomic E-state index is 13.6. The van der Waals surface area contributed by atoms with Gasteiger partial charge in [-0.1, -0.05) is 48.2 Å². The second kappa shape index (κ2) is 12.3. The van der Waals surface area contributed by atoms with Crippen LogP contribution in [0.3, 0.4) is 0 Å². The molecule has 1 saturated heterocycles. The first kappa shape index (κ1) is 31.0. The minimum atomic E-state index is -4.68. The van der Waals surface area contributed by atoms with E-state index in [1.807, 2.05) is 26.0 Å². The average molecular weight is 630 g/mol. The molecule has 2 heterocycles. The van der Waals surface area contributed by atoms with Gasteiger partial charge < -0.3 is 10.1 Å². The number of thioether (sulfide) groups is 1. The molecule has 0 radical (unpaired) electrons. The highest BCUT2D eigenvalue weighted by atomic mass is 32.2. The van der Waals surface area contributed by atoms with Crippen LogP contribution in [0.5, 0.6) is 5.75 Å². The van der Waals surface area contributed by atoms with Crippen LogP contribution in [0, 0.1) is 6.92 Å². The molecular formula is C32H25F6N3O2S. The minimum absolute atomic E-state index is 0.0866. The van der Waals surface area contributed by atoms with Crippen molar-refractivity contribution in [3.8, 4) is 5.75 Å². The number of nitrogens with zero attached hydrogens (tertiary/aromatic N) is 2. The molecule has 1 aliphatic heterocycles. The second-order valence-electron chi connectivity index (χ2n) is 9.97. The van der Waals surface area contributed by atoms with Gasteiger partial charge >= 0.3 is 12.4 Å². The lowest BCUT2D eigenvalue weighted by atomic mass is 10.1. The summed E-state index contributed by atoms with van der Waals surface area (Å²) in [6.45, 7) is 3.73. The number of halogens is 6. The zero-order chi connectivity index (χ0) is 31.6. The number of ether oxygens (including phenoxy) is 1. The molecule has 12 heteroatoms. The predicted octanol–water partition coefficient (Wildman–Crippen LogP) is 9.08. The molecule has 5 rings (SSSR count). The standard InChI is InChI=1S/C32H25F6N3O2S/c1-19-6-5-15-39-28(19)40-20(2)43-26-13-11-21(12-14-26)16-27-29(42)41(25-10-4-9-24(18-25)32(36,37)38)30(44-27)22-7-3-8-23(17-22)31(33,34)35/h3-18,20,30H,1-2H3,(H,39,40)/b27-16-. The van der Waals surface area contributed by atoms with E-state index in [1.165, 1.54) is 18.2 Å². The number of anilines is 2. The first-order chi connectivity index (χ1) is 20.8. The Balaban J connectivity index is 1.42. The Labute approximate surface area is 253 Å². The summed E-state index contributed by atoms with van der Waals surface area (Å²) < 4.78 is 86.9. The smallest absolute Gasteiger partial charge is 0.416 e. The summed E-state index contributed by atoms with van der Waals surface area (Å²) in [5, 5.41) is 2.13. The highest BCUT2D eigenvalue weighted by Crippen LogP contribution is 2.49. The lowest BCUT2D eigenvalue weighted by Gasteiger charge is -2.25. The molecule has 1 N–H and O–H groups in total. The number of benzene rings is 3. The Morgan fingerprint density at radius 2 is 1.57 bits per heavy atom. The molecule has 1 aliphatic rings. The molecule has 0 aliphatic carbocycles. The molecule has 1 fully saturated rings. The van der Waals surface area contributed by atoms with E-state index in [9.17, 15) is 31.1 Å². The lowest BCUT2D eigenvalue weighted by molar-refractivity contribution is -0.138. The van der Waals surface area contributed by atoms with Gasteiger partial charge in [-0.05, 0) is 85.1 Å². The first-order valence-electron chi connectivity index (χ1n) is 13.3. The quantitative estimate of drug-likeness (QED) is 0.126. The Morgan fingerprint density at radius 1 is 0.909 bits per heavy atom. The predicted molar refractivity (Wildman–Crippen MR) is 158 cm³/mol. The summed E-state index contributed by atoms with van der Waals surface area (Å²) in [5.41, 5.74) is -0.342. The van der Waals surface area contributed by atoms with E-state index < -0.39 is 41.0 Å². The van der Waals surface area contributed by atoms with Crippen LogP contribution in [0.1, 0.15) is 40.1 Å². The van der Waals surface area contributed by atoms with Crippen molar-refractivity contribution in [3.05, 3.63) is 124 Å². The number of amides is 1. The molecule has 2 atom stereocenters. The van der Waals surface area contributed by atoms with Crippen molar-refractivity contribution < 1.29 is 35.9 Å².